The normalized spacial score (nSPS) is 16.9. The number of amides is 1. The number of aryl methyl sites for hydroxylation is 3. The van der Waals surface area contributed by atoms with Crippen LogP contribution in [0.4, 0.5) is 5.13 Å². The van der Waals surface area contributed by atoms with Gasteiger partial charge in [-0.1, -0.05) is 17.4 Å². The largest absolute Gasteiger partial charge is 0.376 e. The van der Waals surface area contributed by atoms with Crippen LogP contribution >= 0.6 is 11.3 Å². The van der Waals surface area contributed by atoms with E-state index in [4.69, 9.17) is 9.72 Å². The number of carbonyl (C=O) groups is 1. The fraction of sp³-hybridized carbons (Fsp3) is 0.450. The molecule has 2 aromatic heterocycles. The van der Waals surface area contributed by atoms with Gasteiger partial charge in [-0.15, -0.1) is 0 Å². The number of anilines is 1. The molecular weight excluding hydrogens is 360 g/mol. The Bertz CT molecular complexity index is 972. The first-order valence-electron chi connectivity index (χ1n) is 9.40. The molecule has 1 unspecified atom stereocenters. The van der Waals surface area contributed by atoms with Gasteiger partial charge in [0.25, 0.3) is 5.91 Å². The second kappa shape index (κ2) is 7.40. The second-order valence-electron chi connectivity index (χ2n) is 7.01. The van der Waals surface area contributed by atoms with Gasteiger partial charge in [0.05, 0.1) is 22.9 Å². The third-order valence-corrected chi connectivity index (χ3v) is 5.97. The molecule has 7 heteroatoms. The van der Waals surface area contributed by atoms with E-state index in [-0.39, 0.29) is 12.0 Å². The summed E-state index contributed by atoms with van der Waals surface area (Å²) < 4.78 is 8.64. The Kier molecular flexibility index (Phi) is 4.97. The highest BCUT2D eigenvalue weighted by Crippen LogP contribution is 2.33. The van der Waals surface area contributed by atoms with Gasteiger partial charge >= 0.3 is 0 Å². The minimum Gasteiger partial charge on any atom is -0.376 e. The Hall–Kier alpha value is -2.25. The minimum absolute atomic E-state index is 0.0572. The summed E-state index contributed by atoms with van der Waals surface area (Å²) in [6, 6.07) is 6.04. The maximum absolute atomic E-state index is 13.4. The van der Waals surface area contributed by atoms with Crippen molar-refractivity contribution in [3.63, 3.8) is 0 Å². The van der Waals surface area contributed by atoms with Crippen LogP contribution in [-0.4, -0.2) is 39.9 Å². The molecule has 1 aliphatic rings. The third-order valence-electron chi connectivity index (χ3n) is 4.94. The maximum atomic E-state index is 13.4. The lowest BCUT2D eigenvalue weighted by Gasteiger charge is -2.23. The molecule has 1 amide bonds. The van der Waals surface area contributed by atoms with E-state index < -0.39 is 0 Å². The van der Waals surface area contributed by atoms with E-state index in [1.54, 1.807) is 33.2 Å². The summed E-state index contributed by atoms with van der Waals surface area (Å²) in [6.45, 7) is 8.07. The maximum Gasteiger partial charge on any atom is 0.278 e. The lowest BCUT2D eigenvalue weighted by Crippen LogP contribution is -2.38. The summed E-state index contributed by atoms with van der Waals surface area (Å²) in [5.41, 5.74) is 3.89. The number of hydrogen-bond donors (Lipinski definition) is 0. The van der Waals surface area contributed by atoms with E-state index >= 15 is 0 Å². The van der Waals surface area contributed by atoms with Crippen LogP contribution in [0.2, 0.25) is 0 Å². The van der Waals surface area contributed by atoms with Gasteiger partial charge in [0.15, 0.2) is 5.13 Å². The van der Waals surface area contributed by atoms with Gasteiger partial charge < -0.3 is 4.74 Å². The van der Waals surface area contributed by atoms with Crippen LogP contribution in [0.3, 0.4) is 0 Å². The summed E-state index contributed by atoms with van der Waals surface area (Å²) in [6.07, 6.45) is 3.74. The Balaban J connectivity index is 1.75. The van der Waals surface area contributed by atoms with E-state index in [0.29, 0.717) is 18.8 Å². The summed E-state index contributed by atoms with van der Waals surface area (Å²) in [7, 11) is 0. The number of thiazole rings is 1. The first-order chi connectivity index (χ1) is 13.1. The molecule has 0 saturated carbocycles. The van der Waals surface area contributed by atoms with Gasteiger partial charge in [-0.2, -0.15) is 5.10 Å². The van der Waals surface area contributed by atoms with Gasteiger partial charge in [-0.05, 0) is 56.9 Å². The molecule has 3 heterocycles. The zero-order chi connectivity index (χ0) is 19.0. The Morgan fingerprint density at radius 3 is 3.00 bits per heavy atom. The Labute approximate surface area is 162 Å². The van der Waals surface area contributed by atoms with Crippen LogP contribution in [-0.2, 0) is 11.3 Å². The number of benzene rings is 1. The topological polar surface area (TPSA) is 60.2 Å². The molecule has 1 aromatic carbocycles. The molecule has 1 saturated heterocycles. The zero-order valence-electron chi connectivity index (χ0n) is 15.9. The van der Waals surface area contributed by atoms with Gasteiger partial charge in [0, 0.05) is 19.3 Å². The quantitative estimate of drug-likeness (QED) is 0.668. The first-order valence-corrected chi connectivity index (χ1v) is 10.2. The highest BCUT2D eigenvalue weighted by molar-refractivity contribution is 7.22. The van der Waals surface area contributed by atoms with E-state index in [9.17, 15) is 4.79 Å². The molecule has 27 heavy (non-hydrogen) atoms. The molecule has 0 spiro atoms. The molecule has 0 aliphatic carbocycles. The summed E-state index contributed by atoms with van der Waals surface area (Å²) in [5, 5.41) is 4.98. The lowest BCUT2D eigenvalue weighted by molar-refractivity contribution is 0.0908. The van der Waals surface area contributed by atoms with E-state index in [1.165, 1.54) is 5.56 Å². The van der Waals surface area contributed by atoms with Crippen molar-refractivity contribution < 1.29 is 9.53 Å². The third kappa shape index (κ3) is 3.49. The van der Waals surface area contributed by atoms with Crippen LogP contribution < -0.4 is 4.90 Å². The predicted molar refractivity (Wildman–Crippen MR) is 108 cm³/mol. The number of fused-ring (bicyclic) bond motifs is 1. The number of rotatable bonds is 5. The fourth-order valence-electron chi connectivity index (χ4n) is 3.62. The molecule has 1 aliphatic heterocycles. The van der Waals surface area contributed by atoms with Crippen molar-refractivity contribution in [3.05, 3.63) is 41.2 Å². The molecule has 6 nitrogen and oxygen atoms in total. The van der Waals surface area contributed by atoms with Crippen molar-refractivity contribution >= 4 is 32.6 Å². The van der Waals surface area contributed by atoms with Gasteiger partial charge in [-0.3, -0.25) is 14.4 Å². The smallest absolute Gasteiger partial charge is 0.278 e. The summed E-state index contributed by atoms with van der Waals surface area (Å²) >= 11 is 1.56. The van der Waals surface area contributed by atoms with E-state index in [1.807, 2.05) is 6.92 Å². The molecule has 1 fully saturated rings. The average molecular weight is 385 g/mol. The van der Waals surface area contributed by atoms with Crippen LogP contribution in [0.5, 0.6) is 0 Å². The fourth-order valence-corrected chi connectivity index (χ4v) is 4.77. The summed E-state index contributed by atoms with van der Waals surface area (Å²) in [5.74, 6) is -0.0710. The van der Waals surface area contributed by atoms with Crippen molar-refractivity contribution in [1.82, 2.24) is 14.8 Å². The monoisotopic (exact) mass is 384 g/mol. The van der Waals surface area contributed by atoms with Gasteiger partial charge in [-0.25, -0.2) is 4.98 Å². The molecular formula is C20H24N4O2S. The van der Waals surface area contributed by atoms with Crippen LogP contribution in [0.1, 0.15) is 41.4 Å². The van der Waals surface area contributed by atoms with Crippen molar-refractivity contribution in [2.75, 3.05) is 18.1 Å². The average Bonchev–Trinajstić information content (AvgIpc) is 3.38. The molecule has 4 rings (SSSR count). The van der Waals surface area contributed by atoms with Gasteiger partial charge in [0.2, 0.25) is 0 Å². The predicted octanol–water partition coefficient (Wildman–Crippen LogP) is 3.96. The molecule has 0 radical (unpaired) electrons. The molecule has 1 atom stereocenters. The minimum atomic E-state index is -0.0710. The van der Waals surface area contributed by atoms with Crippen molar-refractivity contribution in [2.45, 2.75) is 46.3 Å². The number of hydrogen-bond acceptors (Lipinski definition) is 5. The van der Waals surface area contributed by atoms with E-state index in [0.717, 1.165) is 40.4 Å². The zero-order valence-corrected chi connectivity index (χ0v) is 16.8. The second-order valence-corrected chi connectivity index (χ2v) is 8.02. The van der Waals surface area contributed by atoms with Gasteiger partial charge in [0.1, 0.15) is 5.69 Å². The number of ether oxygens (including phenoxy) is 1. The van der Waals surface area contributed by atoms with Crippen molar-refractivity contribution in [3.8, 4) is 0 Å². The molecule has 0 bridgehead atoms. The lowest BCUT2D eigenvalue weighted by atomic mass is 10.1. The summed E-state index contributed by atoms with van der Waals surface area (Å²) in [4.78, 5) is 20.0. The Morgan fingerprint density at radius 2 is 2.26 bits per heavy atom. The first kappa shape index (κ1) is 18.1. The highest BCUT2D eigenvalue weighted by Gasteiger charge is 2.28. The molecule has 142 valence electrons. The standard InChI is InChI=1S/C20H24N4O2S/c1-4-24-16(7-8-21-24)19(25)23(12-15-6-5-9-26-15)20-22-18-14(3)10-13(2)11-17(18)27-20/h7-8,10-11,15H,4-6,9,12H2,1-3H3. The Morgan fingerprint density at radius 1 is 1.41 bits per heavy atom. The highest BCUT2D eigenvalue weighted by atomic mass is 32.1. The van der Waals surface area contributed by atoms with E-state index in [2.05, 4.69) is 31.1 Å². The molecule has 3 aromatic rings. The molecule has 0 N–H and O–H groups in total. The van der Waals surface area contributed by atoms with Crippen LogP contribution in [0.25, 0.3) is 10.2 Å². The number of aromatic nitrogens is 3. The number of nitrogens with zero attached hydrogens (tertiary/aromatic N) is 4. The van der Waals surface area contributed by atoms with Crippen molar-refractivity contribution in [1.29, 1.82) is 0 Å². The SMILES string of the molecule is CCn1nccc1C(=O)N(CC1CCCO1)c1nc2c(C)cc(C)cc2s1. The number of carbonyl (C=O) groups excluding carboxylic acids is 1. The van der Waals surface area contributed by atoms with Crippen LogP contribution in [0.15, 0.2) is 24.4 Å². The van der Waals surface area contributed by atoms with Crippen LogP contribution in [0, 0.1) is 13.8 Å². The van der Waals surface area contributed by atoms with Crippen molar-refractivity contribution in [2.24, 2.45) is 0 Å².